The minimum atomic E-state index is -0.774. The van der Waals surface area contributed by atoms with Gasteiger partial charge in [0.2, 0.25) is 0 Å². The second-order valence-corrected chi connectivity index (χ2v) is 6.15. The molecule has 0 radical (unpaired) electrons. The van der Waals surface area contributed by atoms with E-state index < -0.39 is 5.97 Å². The number of urea groups is 1. The van der Waals surface area contributed by atoms with Crippen molar-refractivity contribution >= 4 is 23.6 Å². The molecular formula is C18H27N3O4. The zero-order chi connectivity index (χ0) is 18.7. The fourth-order valence-corrected chi connectivity index (χ4v) is 2.23. The van der Waals surface area contributed by atoms with Crippen LogP contribution in [0.4, 0.5) is 10.5 Å². The van der Waals surface area contributed by atoms with Crippen LogP contribution in [0, 0.1) is 0 Å². The van der Waals surface area contributed by atoms with E-state index >= 15 is 0 Å². The Balaban J connectivity index is 2.34. The predicted octanol–water partition coefficient (Wildman–Crippen LogP) is 2.98. The van der Waals surface area contributed by atoms with E-state index in [1.165, 1.54) is 0 Å². The maximum Gasteiger partial charge on any atom is 0.319 e. The highest BCUT2D eigenvalue weighted by Gasteiger charge is 2.08. The van der Waals surface area contributed by atoms with Gasteiger partial charge >= 0.3 is 12.0 Å². The molecule has 0 aliphatic rings. The number of carboxylic acid groups (broad SMARTS) is 1. The standard InChI is InChI=1S/C18H27N3O4/c1-13(2)20-18(25)21-15-9-7-8-14(12-15)17(24)19-11-6-4-3-5-10-16(22)23/h7-9,12-13H,3-6,10-11H2,1-2H3,(H,19,24)(H,22,23)(H2,20,21,25). The Kier molecular flexibility index (Phi) is 9.06. The molecule has 0 heterocycles. The number of aliphatic carboxylic acids is 1. The van der Waals surface area contributed by atoms with E-state index in [-0.39, 0.29) is 24.4 Å². The van der Waals surface area contributed by atoms with Gasteiger partial charge in [0, 0.05) is 30.3 Å². The number of carbonyl (C=O) groups is 3. The molecule has 1 aromatic carbocycles. The molecule has 7 heteroatoms. The van der Waals surface area contributed by atoms with Crippen molar-refractivity contribution in [2.24, 2.45) is 0 Å². The number of hydrogen-bond donors (Lipinski definition) is 4. The van der Waals surface area contributed by atoms with Gasteiger partial charge in [0.05, 0.1) is 0 Å². The van der Waals surface area contributed by atoms with Gasteiger partial charge in [-0.05, 0) is 44.9 Å². The topological polar surface area (TPSA) is 108 Å². The molecule has 138 valence electrons. The molecule has 25 heavy (non-hydrogen) atoms. The van der Waals surface area contributed by atoms with Gasteiger partial charge in [-0.3, -0.25) is 9.59 Å². The zero-order valence-corrected chi connectivity index (χ0v) is 14.8. The molecule has 3 amide bonds. The summed E-state index contributed by atoms with van der Waals surface area (Å²) in [5.74, 6) is -0.970. The maximum atomic E-state index is 12.1. The van der Waals surface area contributed by atoms with Crippen molar-refractivity contribution in [2.45, 2.75) is 52.0 Å². The number of anilines is 1. The lowest BCUT2D eigenvalue weighted by Crippen LogP contribution is -2.34. The van der Waals surface area contributed by atoms with Crippen molar-refractivity contribution in [3.05, 3.63) is 29.8 Å². The minimum absolute atomic E-state index is 0.0296. The third kappa shape index (κ3) is 9.34. The number of amides is 3. The van der Waals surface area contributed by atoms with Crippen LogP contribution in [0.5, 0.6) is 0 Å². The van der Waals surface area contributed by atoms with Gasteiger partial charge in [-0.25, -0.2) is 4.79 Å². The lowest BCUT2D eigenvalue weighted by atomic mass is 10.1. The monoisotopic (exact) mass is 349 g/mol. The van der Waals surface area contributed by atoms with Gasteiger partial charge in [0.15, 0.2) is 0 Å². The number of carbonyl (C=O) groups excluding carboxylic acids is 2. The quantitative estimate of drug-likeness (QED) is 0.487. The van der Waals surface area contributed by atoms with Crippen molar-refractivity contribution in [2.75, 3.05) is 11.9 Å². The van der Waals surface area contributed by atoms with E-state index in [1.54, 1.807) is 24.3 Å². The van der Waals surface area contributed by atoms with Gasteiger partial charge in [-0.2, -0.15) is 0 Å². The van der Waals surface area contributed by atoms with E-state index in [9.17, 15) is 14.4 Å². The van der Waals surface area contributed by atoms with Crippen LogP contribution < -0.4 is 16.0 Å². The van der Waals surface area contributed by atoms with E-state index in [0.29, 0.717) is 24.2 Å². The zero-order valence-electron chi connectivity index (χ0n) is 14.8. The molecule has 7 nitrogen and oxygen atoms in total. The molecule has 0 saturated carbocycles. The summed E-state index contributed by atoms with van der Waals surface area (Å²) in [6, 6.07) is 6.47. The van der Waals surface area contributed by atoms with E-state index in [2.05, 4.69) is 16.0 Å². The molecule has 1 rings (SSSR count). The number of nitrogens with one attached hydrogen (secondary N) is 3. The lowest BCUT2D eigenvalue weighted by Gasteiger charge is -2.11. The van der Waals surface area contributed by atoms with Gasteiger partial charge in [-0.15, -0.1) is 0 Å². The molecule has 0 aliphatic heterocycles. The van der Waals surface area contributed by atoms with Crippen LogP contribution in [0.1, 0.15) is 56.3 Å². The SMILES string of the molecule is CC(C)NC(=O)Nc1cccc(C(=O)NCCCCCCC(=O)O)c1. The van der Waals surface area contributed by atoms with Crippen molar-refractivity contribution < 1.29 is 19.5 Å². The third-order valence-electron chi connectivity index (χ3n) is 3.41. The van der Waals surface area contributed by atoms with Crippen LogP contribution in [-0.4, -0.2) is 35.6 Å². The summed E-state index contributed by atoms with van der Waals surface area (Å²) in [6.07, 6.45) is 3.38. The molecule has 0 aliphatic carbocycles. The summed E-state index contributed by atoms with van der Waals surface area (Å²) in [5.41, 5.74) is 1.03. The first kappa shape index (κ1) is 20.5. The molecule has 0 fully saturated rings. The van der Waals surface area contributed by atoms with Gasteiger partial charge in [0.25, 0.3) is 5.91 Å². The van der Waals surface area contributed by atoms with Crippen LogP contribution in [0.15, 0.2) is 24.3 Å². The Morgan fingerprint density at radius 2 is 1.80 bits per heavy atom. The van der Waals surface area contributed by atoms with Crippen LogP contribution in [0.3, 0.4) is 0 Å². The normalized spacial score (nSPS) is 10.4. The molecule has 0 unspecified atom stereocenters. The fourth-order valence-electron chi connectivity index (χ4n) is 2.23. The molecule has 0 aromatic heterocycles. The first-order valence-electron chi connectivity index (χ1n) is 8.56. The predicted molar refractivity (Wildman–Crippen MR) is 96.8 cm³/mol. The van der Waals surface area contributed by atoms with Crippen molar-refractivity contribution in [3.8, 4) is 0 Å². The van der Waals surface area contributed by atoms with Crippen molar-refractivity contribution in [1.29, 1.82) is 0 Å². The lowest BCUT2D eigenvalue weighted by molar-refractivity contribution is -0.137. The summed E-state index contributed by atoms with van der Waals surface area (Å²) in [4.78, 5) is 34.2. The maximum absolute atomic E-state index is 12.1. The summed E-state index contributed by atoms with van der Waals surface area (Å²) in [6.45, 7) is 4.27. The minimum Gasteiger partial charge on any atom is -0.481 e. The molecule has 0 spiro atoms. The molecule has 4 N–H and O–H groups in total. The smallest absolute Gasteiger partial charge is 0.319 e. The highest BCUT2D eigenvalue weighted by molar-refractivity contribution is 5.96. The highest BCUT2D eigenvalue weighted by atomic mass is 16.4. The average Bonchev–Trinajstić information content (AvgIpc) is 2.52. The summed E-state index contributed by atoms with van der Waals surface area (Å²) in [5, 5.41) is 16.8. The summed E-state index contributed by atoms with van der Waals surface area (Å²) < 4.78 is 0. The Hall–Kier alpha value is -2.57. The van der Waals surface area contributed by atoms with Crippen LogP contribution >= 0.6 is 0 Å². The number of benzene rings is 1. The Morgan fingerprint density at radius 3 is 2.48 bits per heavy atom. The van der Waals surface area contributed by atoms with Crippen LogP contribution in [0.2, 0.25) is 0 Å². The van der Waals surface area contributed by atoms with Gasteiger partial charge in [0.1, 0.15) is 0 Å². The van der Waals surface area contributed by atoms with Crippen LogP contribution in [-0.2, 0) is 4.79 Å². The first-order chi connectivity index (χ1) is 11.9. The molecule has 0 atom stereocenters. The van der Waals surface area contributed by atoms with Crippen LogP contribution in [0.25, 0.3) is 0 Å². The molecule has 0 bridgehead atoms. The van der Waals surface area contributed by atoms with E-state index in [4.69, 9.17) is 5.11 Å². The summed E-state index contributed by atoms with van der Waals surface area (Å²) in [7, 11) is 0. The van der Waals surface area contributed by atoms with Crippen molar-refractivity contribution in [1.82, 2.24) is 10.6 Å². The second kappa shape index (κ2) is 11.1. The Labute approximate surface area is 148 Å². The Morgan fingerprint density at radius 1 is 1.08 bits per heavy atom. The molecular weight excluding hydrogens is 322 g/mol. The van der Waals surface area contributed by atoms with E-state index in [0.717, 1.165) is 19.3 Å². The molecule has 1 aromatic rings. The largest absolute Gasteiger partial charge is 0.481 e. The number of rotatable bonds is 10. The van der Waals surface area contributed by atoms with E-state index in [1.807, 2.05) is 13.8 Å². The molecule has 0 saturated heterocycles. The number of carboxylic acids is 1. The Bertz CT molecular complexity index is 587. The van der Waals surface area contributed by atoms with Gasteiger partial charge < -0.3 is 21.1 Å². The first-order valence-corrected chi connectivity index (χ1v) is 8.56. The highest BCUT2D eigenvalue weighted by Crippen LogP contribution is 2.11. The van der Waals surface area contributed by atoms with Crippen molar-refractivity contribution in [3.63, 3.8) is 0 Å². The average molecular weight is 349 g/mol. The fraction of sp³-hybridized carbons (Fsp3) is 0.500. The number of hydrogen-bond acceptors (Lipinski definition) is 3. The third-order valence-corrected chi connectivity index (χ3v) is 3.41. The summed E-state index contributed by atoms with van der Waals surface area (Å²) >= 11 is 0. The van der Waals surface area contributed by atoms with Gasteiger partial charge in [-0.1, -0.05) is 18.9 Å². The second-order valence-electron chi connectivity index (χ2n) is 6.15. The number of unbranched alkanes of at least 4 members (excludes halogenated alkanes) is 3.